The second-order valence-electron chi connectivity index (χ2n) is 9.63. The monoisotopic (exact) mass is 520 g/mol. The van der Waals surface area contributed by atoms with E-state index in [0.717, 1.165) is 22.3 Å². The van der Waals surface area contributed by atoms with Crippen molar-refractivity contribution >= 4 is 29.2 Å². The number of likely N-dealkylation sites (tertiary alicyclic amines) is 1. The summed E-state index contributed by atoms with van der Waals surface area (Å²) < 4.78 is 19.7. The van der Waals surface area contributed by atoms with E-state index in [0.29, 0.717) is 35.1 Å². The highest BCUT2D eigenvalue weighted by Gasteiger charge is 2.41. The second-order valence-corrected chi connectivity index (χ2v) is 10.0. The van der Waals surface area contributed by atoms with Gasteiger partial charge in [0.15, 0.2) is 0 Å². The topological polar surface area (TPSA) is 97.6 Å². The Hall–Kier alpha value is -3.91. The van der Waals surface area contributed by atoms with Gasteiger partial charge in [-0.2, -0.15) is 0 Å². The van der Waals surface area contributed by atoms with E-state index in [2.05, 4.69) is 10.3 Å². The van der Waals surface area contributed by atoms with Crippen molar-refractivity contribution in [3.8, 4) is 16.9 Å². The Kier molecular flexibility index (Phi) is 6.60. The molecule has 2 aliphatic heterocycles. The molecule has 9 heteroatoms. The first-order valence-corrected chi connectivity index (χ1v) is 12.3. The molecule has 3 aromatic rings. The molecule has 2 amide bonds. The van der Waals surface area contributed by atoms with Crippen LogP contribution in [0.4, 0.5) is 10.2 Å². The van der Waals surface area contributed by atoms with Crippen LogP contribution in [0, 0.1) is 0 Å². The minimum Gasteiger partial charge on any atom is -0.484 e. The summed E-state index contributed by atoms with van der Waals surface area (Å²) in [7, 11) is 0. The number of aromatic nitrogens is 1. The van der Waals surface area contributed by atoms with Gasteiger partial charge in [-0.15, -0.1) is 0 Å². The summed E-state index contributed by atoms with van der Waals surface area (Å²) >= 11 is 6.52. The highest BCUT2D eigenvalue weighted by Crippen LogP contribution is 2.40. The SMILES string of the molecule is CC1(F)CN(C(=O)c2ccc(-c3cc(Cl)c4c(c3)CC(/C=C/C(=O)NCc3ccc(N)nc3)O4)cc2)C1. The van der Waals surface area contributed by atoms with Crippen LogP contribution in [0.2, 0.25) is 5.02 Å². The molecule has 0 aliphatic carbocycles. The Labute approximate surface area is 219 Å². The number of hydrogen-bond donors (Lipinski definition) is 2. The van der Waals surface area contributed by atoms with Gasteiger partial charge in [-0.25, -0.2) is 9.37 Å². The van der Waals surface area contributed by atoms with Crippen LogP contribution in [0.25, 0.3) is 11.1 Å². The molecular formula is C28H26ClFN4O3. The van der Waals surface area contributed by atoms with E-state index in [4.69, 9.17) is 22.1 Å². The average Bonchev–Trinajstić information content (AvgIpc) is 3.29. The fourth-order valence-corrected chi connectivity index (χ4v) is 4.77. The van der Waals surface area contributed by atoms with Crippen LogP contribution < -0.4 is 15.8 Å². The zero-order valence-electron chi connectivity index (χ0n) is 20.2. The summed E-state index contributed by atoms with van der Waals surface area (Å²) in [5, 5.41) is 3.28. The number of hydrogen-bond acceptors (Lipinski definition) is 5. The van der Waals surface area contributed by atoms with Gasteiger partial charge in [-0.3, -0.25) is 9.59 Å². The van der Waals surface area contributed by atoms with Crippen LogP contribution in [-0.2, 0) is 17.8 Å². The first kappa shape index (κ1) is 24.8. The molecule has 1 aromatic heterocycles. The van der Waals surface area contributed by atoms with E-state index in [1.54, 1.807) is 36.5 Å². The number of nitrogens with two attached hydrogens (primary N) is 1. The van der Waals surface area contributed by atoms with Gasteiger partial charge < -0.3 is 20.7 Å². The molecule has 2 aliphatic rings. The van der Waals surface area contributed by atoms with Gasteiger partial charge in [0.1, 0.15) is 23.3 Å². The van der Waals surface area contributed by atoms with E-state index in [9.17, 15) is 14.0 Å². The molecule has 0 saturated carbocycles. The minimum absolute atomic E-state index is 0.116. The Morgan fingerprint density at radius 1 is 1.22 bits per heavy atom. The third-order valence-corrected chi connectivity index (χ3v) is 6.66. The quantitative estimate of drug-likeness (QED) is 0.471. The lowest BCUT2D eigenvalue weighted by Crippen LogP contribution is -2.59. The van der Waals surface area contributed by atoms with E-state index in [-0.39, 0.29) is 31.0 Å². The number of anilines is 1. The van der Waals surface area contributed by atoms with Gasteiger partial charge in [-0.1, -0.05) is 29.8 Å². The molecule has 0 spiro atoms. The fraction of sp³-hybridized carbons (Fsp3) is 0.250. The van der Waals surface area contributed by atoms with Gasteiger partial charge in [0.2, 0.25) is 5.91 Å². The minimum atomic E-state index is -1.30. The number of fused-ring (bicyclic) bond motifs is 1. The van der Waals surface area contributed by atoms with Crippen LogP contribution in [0.3, 0.4) is 0 Å². The maximum Gasteiger partial charge on any atom is 0.254 e. The summed E-state index contributed by atoms with van der Waals surface area (Å²) in [6.45, 7) is 2.07. The van der Waals surface area contributed by atoms with Crippen molar-refractivity contribution in [2.75, 3.05) is 18.8 Å². The number of nitrogens with one attached hydrogen (secondary N) is 1. The van der Waals surface area contributed by atoms with Crippen LogP contribution >= 0.6 is 11.6 Å². The summed E-state index contributed by atoms with van der Waals surface area (Å²) in [4.78, 5) is 30.2. The molecule has 3 heterocycles. The van der Waals surface area contributed by atoms with Gasteiger partial charge in [-0.05, 0) is 60.0 Å². The number of nitrogens with zero attached hydrogens (tertiary/aromatic N) is 2. The van der Waals surface area contributed by atoms with Gasteiger partial charge >= 0.3 is 0 Å². The van der Waals surface area contributed by atoms with Gasteiger partial charge in [0.05, 0.1) is 18.1 Å². The van der Waals surface area contributed by atoms with E-state index < -0.39 is 5.67 Å². The molecule has 190 valence electrons. The largest absolute Gasteiger partial charge is 0.484 e. The van der Waals surface area contributed by atoms with Crippen molar-refractivity contribution in [3.05, 3.63) is 88.6 Å². The summed E-state index contributed by atoms with van der Waals surface area (Å²) in [5.74, 6) is 0.612. The number of amides is 2. The predicted molar refractivity (Wildman–Crippen MR) is 140 cm³/mol. The second kappa shape index (κ2) is 9.86. The maximum absolute atomic E-state index is 13.7. The lowest BCUT2D eigenvalue weighted by Gasteiger charge is -2.42. The van der Waals surface area contributed by atoms with E-state index >= 15 is 0 Å². The predicted octanol–water partition coefficient (Wildman–Crippen LogP) is 4.34. The van der Waals surface area contributed by atoms with Crippen LogP contribution in [-0.4, -0.2) is 46.6 Å². The highest BCUT2D eigenvalue weighted by atomic mass is 35.5. The Morgan fingerprint density at radius 3 is 2.65 bits per heavy atom. The lowest BCUT2D eigenvalue weighted by atomic mass is 9.96. The molecule has 37 heavy (non-hydrogen) atoms. The van der Waals surface area contributed by atoms with Gasteiger partial charge in [0.25, 0.3) is 5.91 Å². The van der Waals surface area contributed by atoms with Crippen LogP contribution in [0.15, 0.2) is 66.9 Å². The Balaban J connectivity index is 1.20. The standard InChI is InChI=1S/C28H26ClFN4O3/c1-28(30)15-34(16-28)27(36)19-5-3-18(4-6-19)20-10-21-11-22(37-26(21)23(29)12-20)7-9-25(35)33-14-17-2-8-24(31)32-13-17/h2-10,12-13,22H,11,14-16H2,1H3,(H2,31,32)(H,33,35)/b9-7+. The number of ether oxygens (including phenoxy) is 1. The lowest BCUT2D eigenvalue weighted by molar-refractivity contribution is -0.116. The zero-order valence-corrected chi connectivity index (χ0v) is 21.0. The molecule has 1 fully saturated rings. The smallest absolute Gasteiger partial charge is 0.254 e. The van der Waals surface area contributed by atoms with Crippen molar-refractivity contribution < 1.29 is 18.7 Å². The molecule has 5 rings (SSSR count). The number of benzene rings is 2. The number of halogens is 2. The van der Waals surface area contributed by atoms with Crippen LogP contribution in [0.1, 0.15) is 28.4 Å². The summed E-state index contributed by atoms with van der Waals surface area (Å²) in [5.41, 5.74) is 8.37. The number of rotatable bonds is 6. The Bertz CT molecular complexity index is 1370. The number of nitrogen functional groups attached to an aromatic ring is 1. The molecule has 0 radical (unpaired) electrons. The van der Waals surface area contributed by atoms with Crippen molar-refractivity contribution in [2.45, 2.75) is 31.7 Å². The summed E-state index contributed by atoms with van der Waals surface area (Å²) in [6.07, 6.45) is 5.04. The van der Waals surface area contributed by atoms with Crippen molar-refractivity contribution in [3.63, 3.8) is 0 Å². The highest BCUT2D eigenvalue weighted by molar-refractivity contribution is 6.32. The Morgan fingerprint density at radius 2 is 1.97 bits per heavy atom. The number of alkyl halides is 1. The normalized spacial score (nSPS) is 17.7. The fourth-order valence-electron chi connectivity index (χ4n) is 4.48. The number of carbonyl (C=O) groups is 2. The van der Waals surface area contributed by atoms with E-state index in [1.807, 2.05) is 24.3 Å². The molecule has 1 saturated heterocycles. The average molecular weight is 521 g/mol. The zero-order chi connectivity index (χ0) is 26.2. The molecule has 0 bridgehead atoms. The van der Waals surface area contributed by atoms with E-state index in [1.165, 1.54) is 17.9 Å². The maximum atomic E-state index is 13.7. The van der Waals surface area contributed by atoms with Crippen molar-refractivity contribution in [1.82, 2.24) is 15.2 Å². The molecule has 1 atom stereocenters. The third kappa shape index (κ3) is 5.59. The summed E-state index contributed by atoms with van der Waals surface area (Å²) in [6, 6.07) is 14.5. The molecular weight excluding hydrogens is 495 g/mol. The van der Waals surface area contributed by atoms with Crippen LogP contribution in [0.5, 0.6) is 5.75 Å². The molecule has 7 nitrogen and oxygen atoms in total. The number of pyridine rings is 1. The molecule has 1 unspecified atom stereocenters. The van der Waals surface area contributed by atoms with Gasteiger partial charge in [0, 0.05) is 36.4 Å². The third-order valence-electron chi connectivity index (χ3n) is 6.38. The molecule has 3 N–H and O–H groups in total. The molecule has 2 aromatic carbocycles. The first-order chi connectivity index (χ1) is 17.7. The number of carbonyl (C=O) groups excluding carboxylic acids is 2. The first-order valence-electron chi connectivity index (χ1n) is 11.9. The van der Waals surface area contributed by atoms with Crippen molar-refractivity contribution in [1.29, 1.82) is 0 Å². The van der Waals surface area contributed by atoms with Crippen molar-refractivity contribution in [2.24, 2.45) is 0 Å².